The van der Waals surface area contributed by atoms with Crippen LogP contribution in [-0.4, -0.2) is 52.1 Å². The monoisotopic (exact) mass is 290 g/mol. The Morgan fingerprint density at radius 2 is 2.29 bits per heavy atom. The zero-order chi connectivity index (χ0) is 12.3. The molecule has 92 valence electrons. The highest BCUT2D eigenvalue weighted by molar-refractivity contribution is 8.03. The van der Waals surface area contributed by atoms with Gasteiger partial charge in [0.25, 0.3) is 0 Å². The minimum Gasteiger partial charge on any atom is -0.336 e. The van der Waals surface area contributed by atoms with Crippen LogP contribution >= 0.6 is 34.9 Å². The van der Waals surface area contributed by atoms with Crippen LogP contribution in [0.1, 0.15) is 0 Å². The van der Waals surface area contributed by atoms with Crippen LogP contribution < -0.4 is 5.32 Å². The van der Waals surface area contributed by atoms with Crippen LogP contribution in [0.25, 0.3) is 0 Å². The molecule has 0 atom stereocenters. The van der Waals surface area contributed by atoms with Gasteiger partial charge in [0.2, 0.25) is 5.91 Å². The molecule has 1 N–H and O–H groups in total. The summed E-state index contributed by atoms with van der Waals surface area (Å²) >= 11 is 4.29. The van der Waals surface area contributed by atoms with Crippen molar-refractivity contribution in [3.63, 3.8) is 0 Å². The number of thioether (sulfide) groups is 2. The quantitative estimate of drug-likeness (QED) is 0.831. The van der Waals surface area contributed by atoms with Crippen molar-refractivity contribution in [2.75, 3.05) is 25.1 Å². The van der Waals surface area contributed by atoms with Gasteiger partial charge in [0, 0.05) is 13.1 Å². The molecule has 0 saturated carbocycles. The van der Waals surface area contributed by atoms with Crippen LogP contribution in [0.4, 0.5) is 4.79 Å². The van der Waals surface area contributed by atoms with Crippen LogP contribution in [0.5, 0.6) is 0 Å². The molecule has 17 heavy (non-hydrogen) atoms. The number of aromatic nitrogens is 2. The smallest absolute Gasteiger partial charge is 0.324 e. The van der Waals surface area contributed by atoms with Crippen molar-refractivity contribution in [3.8, 4) is 0 Å². The average molecular weight is 290 g/mol. The van der Waals surface area contributed by atoms with Crippen LogP contribution in [0, 0.1) is 0 Å². The Balaban J connectivity index is 1.85. The molecule has 0 bridgehead atoms. The zero-order valence-electron chi connectivity index (χ0n) is 9.00. The summed E-state index contributed by atoms with van der Waals surface area (Å²) < 4.78 is 1.63. The number of carbonyl (C=O) groups is 2. The second-order valence-corrected chi connectivity index (χ2v) is 6.36. The summed E-state index contributed by atoms with van der Waals surface area (Å²) in [6.07, 6.45) is 1.93. The number of hydrogen-bond acceptors (Lipinski definition) is 7. The number of amides is 3. The van der Waals surface area contributed by atoms with Gasteiger partial charge in [-0.05, 0) is 6.26 Å². The van der Waals surface area contributed by atoms with Gasteiger partial charge in [-0.1, -0.05) is 34.9 Å². The molecule has 0 aromatic carbocycles. The number of nitrogens with zero attached hydrogens (tertiary/aromatic N) is 3. The fraction of sp³-hybridized carbons (Fsp3) is 0.500. The molecule has 1 aliphatic heterocycles. The average Bonchev–Trinajstić information content (AvgIpc) is 2.94. The van der Waals surface area contributed by atoms with Gasteiger partial charge >= 0.3 is 6.03 Å². The molecular weight excluding hydrogens is 280 g/mol. The minimum atomic E-state index is -0.308. The molecule has 1 aromatic heterocycles. The molecule has 1 aromatic rings. The molecule has 1 aliphatic rings. The van der Waals surface area contributed by atoms with Crippen molar-refractivity contribution < 1.29 is 9.59 Å². The third-order valence-electron chi connectivity index (χ3n) is 2.04. The molecule has 2 rings (SSSR count). The second-order valence-electron chi connectivity index (χ2n) is 3.10. The van der Waals surface area contributed by atoms with Crippen LogP contribution in [-0.2, 0) is 4.79 Å². The highest BCUT2D eigenvalue weighted by Crippen LogP contribution is 2.27. The largest absolute Gasteiger partial charge is 0.336 e. The summed E-state index contributed by atoms with van der Waals surface area (Å²) in [6, 6.07) is -0.308. The number of rotatable bonds is 4. The molecule has 0 spiro atoms. The lowest BCUT2D eigenvalue weighted by Crippen LogP contribution is -2.35. The third-order valence-corrected chi connectivity index (χ3v) is 5.06. The van der Waals surface area contributed by atoms with Gasteiger partial charge in [-0.25, -0.2) is 4.79 Å². The number of carbonyl (C=O) groups excluding carboxylic acids is 2. The van der Waals surface area contributed by atoms with E-state index < -0.39 is 0 Å². The lowest BCUT2D eigenvalue weighted by Gasteiger charge is -2.10. The number of urea groups is 1. The Kier molecular flexibility index (Phi) is 4.24. The predicted molar refractivity (Wildman–Crippen MR) is 67.5 cm³/mol. The maximum Gasteiger partial charge on any atom is 0.324 e. The lowest BCUT2D eigenvalue weighted by molar-refractivity contribution is -0.124. The standard InChI is InChI=1S/C8H10N4O2S3/c1-15-7-10-11-8(17-7)16-4-5(13)12-3-2-9-6(12)14/h2-4H2,1H3,(H,9,14). The Bertz CT molecular complexity index is 436. The SMILES string of the molecule is CSc1nnc(SCC(=O)N2CCNC2=O)s1. The maximum atomic E-state index is 11.7. The van der Waals surface area contributed by atoms with E-state index in [0.717, 1.165) is 8.68 Å². The topological polar surface area (TPSA) is 75.2 Å². The molecule has 0 unspecified atom stereocenters. The summed E-state index contributed by atoms with van der Waals surface area (Å²) in [6.45, 7) is 0.981. The van der Waals surface area contributed by atoms with Crippen LogP contribution in [0.15, 0.2) is 8.68 Å². The Morgan fingerprint density at radius 1 is 1.53 bits per heavy atom. The van der Waals surface area contributed by atoms with Gasteiger partial charge in [-0.15, -0.1) is 10.2 Å². The first-order chi connectivity index (χ1) is 8.20. The van der Waals surface area contributed by atoms with E-state index in [1.807, 2.05) is 6.26 Å². The van der Waals surface area contributed by atoms with E-state index in [2.05, 4.69) is 15.5 Å². The molecule has 2 heterocycles. The van der Waals surface area contributed by atoms with Crippen molar-refractivity contribution in [1.82, 2.24) is 20.4 Å². The molecule has 3 amide bonds. The highest BCUT2D eigenvalue weighted by Gasteiger charge is 2.26. The van der Waals surface area contributed by atoms with Gasteiger partial charge in [0.15, 0.2) is 8.68 Å². The zero-order valence-corrected chi connectivity index (χ0v) is 11.5. The second kappa shape index (κ2) is 5.69. The number of nitrogens with one attached hydrogen (secondary N) is 1. The highest BCUT2D eigenvalue weighted by atomic mass is 32.2. The van der Waals surface area contributed by atoms with Gasteiger partial charge in [-0.3, -0.25) is 9.69 Å². The molecule has 6 nitrogen and oxygen atoms in total. The molecular formula is C8H10N4O2S3. The van der Waals surface area contributed by atoms with Crippen molar-refractivity contribution in [1.29, 1.82) is 0 Å². The maximum absolute atomic E-state index is 11.7. The predicted octanol–water partition coefficient (Wildman–Crippen LogP) is 0.904. The Labute approximate surface area is 111 Å². The van der Waals surface area contributed by atoms with E-state index >= 15 is 0 Å². The van der Waals surface area contributed by atoms with Gasteiger partial charge < -0.3 is 5.32 Å². The normalized spacial score (nSPS) is 15.1. The van der Waals surface area contributed by atoms with Crippen molar-refractivity contribution in [2.45, 2.75) is 8.68 Å². The summed E-state index contributed by atoms with van der Waals surface area (Å²) in [7, 11) is 0. The van der Waals surface area contributed by atoms with E-state index in [-0.39, 0.29) is 17.7 Å². The summed E-state index contributed by atoms with van der Waals surface area (Å²) in [4.78, 5) is 24.2. The van der Waals surface area contributed by atoms with Crippen molar-refractivity contribution in [3.05, 3.63) is 0 Å². The molecule has 9 heteroatoms. The van der Waals surface area contributed by atoms with Gasteiger partial charge in [-0.2, -0.15) is 0 Å². The van der Waals surface area contributed by atoms with Crippen LogP contribution in [0.2, 0.25) is 0 Å². The van der Waals surface area contributed by atoms with Crippen LogP contribution in [0.3, 0.4) is 0 Å². The van der Waals surface area contributed by atoms with E-state index in [9.17, 15) is 9.59 Å². The number of imide groups is 1. The fourth-order valence-corrected chi connectivity index (χ4v) is 3.56. The van der Waals surface area contributed by atoms with Crippen molar-refractivity contribution >= 4 is 46.8 Å². The van der Waals surface area contributed by atoms with E-state index in [0.29, 0.717) is 13.1 Å². The van der Waals surface area contributed by atoms with E-state index in [1.54, 1.807) is 0 Å². The molecule has 0 radical (unpaired) electrons. The lowest BCUT2D eigenvalue weighted by atomic mass is 10.5. The summed E-state index contributed by atoms with van der Waals surface area (Å²) in [5, 5.41) is 10.5. The Morgan fingerprint density at radius 3 is 2.88 bits per heavy atom. The summed E-state index contributed by atoms with van der Waals surface area (Å²) in [5.74, 6) is 0.0297. The minimum absolute atomic E-state index is 0.189. The molecule has 1 saturated heterocycles. The van der Waals surface area contributed by atoms with Gasteiger partial charge in [0.1, 0.15) is 0 Å². The molecule has 1 fully saturated rings. The fourth-order valence-electron chi connectivity index (χ4n) is 1.25. The first-order valence-corrected chi connectivity index (χ1v) is 7.82. The van der Waals surface area contributed by atoms with Gasteiger partial charge in [0.05, 0.1) is 5.75 Å². The first kappa shape index (κ1) is 12.7. The first-order valence-electron chi connectivity index (χ1n) is 4.79. The van der Waals surface area contributed by atoms with E-state index in [4.69, 9.17) is 0 Å². The van der Waals surface area contributed by atoms with Crippen molar-refractivity contribution in [2.24, 2.45) is 0 Å². The Hall–Kier alpha value is -0.800. The summed E-state index contributed by atoms with van der Waals surface area (Å²) in [5.41, 5.74) is 0. The molecule has 0 aliphatic carbocycles. The number of hydrogen-bond donors (Lipinski definition) is 1. The van der Waals surface area contributed by atoms with E-state index in [1.165, 1.54) is 39.8 Å². The third kappa shape index (κ3) is 3.11.